The fourth-order valence-corrected chi connectivity index (χ4v) is 3.68. The fraction of sp³-hybridized carbons (Fsp3) is 0.500. The third kappa shape index (κ3) is 3.56. The Morgan fingerprint density at radius 3 is 2.68 bits per heavy atom. The molecule has 2 aromatic heterocycles. The molecule has 0 amide bonds. The summed E-state index contributed by atoms with van der Waals surface area (Å²) in [5, 5.41) is 12.9. The van der Waals surface area contributed by atoms with Crippen LogP contribution in [0.2, 0.25) is 5.02 Å². The Balaban J connectivity index is 1.81. The van der Waals surface area contributed by atoms with E-state index in [9.17, 15) is 0 Å². The van der Waals surface area contributed by atoms with Crippen LogP contribution in [0.15, 0.2) is 24.3 Å². The summed E-state index contributed by atoms with van der Waals surface area (Å²) in [4.78, 5) is 12.0. The van der Waals surface area contributed by atoms with Crippen molar-refractivity contribution < 1.29 is 0 Å². The molecule has 0 saturated carbocycles. The van der Waals surface area contributed by atoms with Crippen LogP contribution in [0.25, 0.3) is 11.2 Å². The van der Waals surface area contributed by atoms with Gasteiger partial charge < -0.3 is 10.2 Å². The molecule has 7 nitrogen and oxygen atoms in total. The predicted octanol–water partition coefficient (Wildman–Crippen LogP) is 3.02. The molecule has 1 unspecified atom stereocenters. The Morgan fingerprint density at radius 2 is 2.00 bits per heavy atom. The molecule has 3 aromatic rings. The summed E-state index contributed by atoms with van der Waals surface area (Å²) >= 11 is 6.35. The lowest BCUT2D eigenvalue weighted by Crippen LogP contribution is -2.30. The highest BCUT2D eigenvalue weighted by molar-refractivity contribution is 6.31. The van der Waals surface area contributed by atoms with E-state index < -0.39 is 0 Å². The van der Waals surface area contributed by atoms with Gasteiger partial charge in [-0.3, -0.25) is 0 Å². The largest absolute Gasteiger partial charge is 0.353 e. The van der Waals surface area contributed by atoms with Gasteiger partial charge in [-0.1, -0.05) is 55.8 Å². The highest BCUT2D eigenvalue weighted by atomic mass is 35.5. The van der Waals surface area contributed by atoms with E-state index in [1.807, 2.05) is 36.0 Å². The third-order valence-electron chi connectivity index (χ3n) is 5.19. The first-order valence-electron chi connectivity index (χ1n) is 9.64. The molecule has 0 spiro atoms. The van der Waals surface area contributed by atoms with Gasteiger partial charge in [-0.05, 0) is 25.1 Å². The fourth-order valence-electron chi connectivity index (χ4n) is 3.48. The van der Waals surface area contributed by atoms with Crippen molar-refractivity contribution in [3.8, 4) is 0 Å². The number of aromatic nitrogens is 5. The molecule has 148 valence electrons. The molecular formula is C20H26ClN7. The van der Waals surface area contributed by atoms with Gasteiger partial charge in [0.15, 0.2) is 17.0 Å². The van der Waals surface area contributed by atoms with E-state index in [1.54, 1.807) is 0 Å². The Hall–Kier alpha value is -2.25. The molecule has 1 atom stereocenters. The number of hydrogen-bond donors (Lipinski definition) is 1. The summed E-state index contributed by atoms with van der Waals surface area (Å²) < 4.78 is 1.82. The first kappa shape index (κ1) is 19.1. The molecule has 1 aromatic carbocycles. The van der Waals surface area contributed by atoms with E-state index in [0.717, 1.165) is 47.9 Å². The Labute approximate surface area is 170 Å². The molecule has 8 heteroatoms. The highest BCUT2D eigenvalue weighted by Crippen LogP contribution is 2.29. The van der Waals surface area contributed by atoms with Gasteiger partial charge in [0.25, 0.3) is 0 Å². The molecule has 3 heterocycles. The summed E-state index contributed by atoms with van der Waals surface area (Å²) in [6.07, 6.45) is 1.08. The van der Waals surface area contributed by atoms with Gasteiger partial charge in [0, 0.05) is 29.6 Å². The molecule has 1 aliphatic rings. The third-order valence-corrected chi connectivity index (χ3v) is 5.56. The predicted molar refractivity (Wildman–Crippen MR) is 112 cm³/mol. The normalized spacial score (nSPS) is 17.6. The van der Waals surface area contributed by atoms with Crippen LogP contribution in [-0.2, 0) is 12.0 Å². The zero-order valence-corrected chi connectivity index (χ0v) is 17.5. The molecule has 1 N–H and O–H groups in total. The van der Waals surface area contributed by atoms with Crippen molar-refractivity contribution in [2.45, 2.75) is 45.2 Å². The number of likely N-dealkylation sites (N-methyl/N-ethyl adjacent to an activating group) is 1. The van der Waals surface area contributed by atoms with Gasteiger partial charge in [-0.25, -0.2) is 14.6 Å². The van der Waals surface area contributed by atoms with Gasteiger partial charge in [-0.15, -0.1) is 5.10 Å². The topological polar surface area (TPSA) is 71.8 Å². The second-order valence-corrected chi connectivity index (χ2v) is 8.76. The van der Waals surface area contributed by atoms with Crippen molar-refractivity contribution in [2.75, 3.05) is 25.0 Å². The average molecular weight is 400 g/mol. The number of benzene rings is 1. The second-order valence-electron chi connectivity index (χ2n) is 8.35. The minimum Gasteiger partial charge on any atom is -0.353 e. The number of fused-ring (bicyclic) bond motifs is 1. The van der Waals surface area contributed by atoms with Crippen molar-refractivity contribution in [1.29, 1.82) is 0 Å². The van der Waals surface area contributed by atoms with Crippen molar-refractivity contribution in [2.24, 2.45) is 0 Å². The lowest BCUT2D eigenvalue weighted by Gasteiger charge is -2.22. The molecule has 1 aliphatic heterocycles. The number of halogens is 1. The van der Waals surface area contributed by atoms with Gasteiger partial charge >= 0.3 is 0 Å². The van der Waals surface area contributed by atoms with Crippen molar-refractivity contribution >= 4 is 28.6 Å². The summed E-state index contributed by atoms with van der Waals surface area (Å²) in [6.45, 7) is 8.75. The molecule has 0 aliphatic carbocycles. The van der Waals surface area contributed by atoms with Gasteiger partial charge in [-0.2, -0.15) is 0 Å². The first-order valence-corrected chi connectivity index (χ1v) is 10.0. The summed E-state index contributed by atoms with van der Waals surface area (Å²) in [5.74, 6) is 1.67. The summed E-state index contributed by atoms with van der Waals surface area (Å²) in [5.41, 5.74) is 2.31. The molecule has 28 heavy (non-hydrogen) atoms. The minimum absolute atomic E-state index is 0.176. The van der Waals surface area contributed by atoms with Gasteiger partial charge in [0.05, 0.1) is 6.54 Å². The van der Waals surface area contributed by atoms with E-state index in [0.29, 0.717) is 17.6 Å². The average Bonchev–Trinajstić information content (AvgIpc) is 3.29. The second kappa shape index (κ2) is 7.29. The van der Waals surface area contributed by atoms with Crippen molar-refractivity contribution in [3.63, 3.8) is 0 Å². The number of nitrogens with zero attached hydrogens (tertiary/aromatic N) is 6. The van der Waals surface area contributed by atoms with E-state index in [-0.39, 0.29) is 5.41 Å². The van der Waals surface area contributed by atoms with Crippen LogP contribution in [0, 0.1) is 0 Å². The number of anilines is 1. The van der Waals surface area contributed by atoms with E-state index >= 15 is 0 Å². The standard InChI is InChI=1S/C20H26ClN7/c1-20(2,3)19-23-17(27-10-9-14(12-27)22-4)16-18(24-19)28(26-25-16)11-13-7-5-6-8-15(13)21/h5-8,14,22H,9-12H2,1-4H3. The Morgan fingerprint density at radius 1 is 1.21 bits per heavy atom. The van der Waals surface area contributed by atoms with Crippen molar-refractivity contribution in [3.05, 3.63) is 40.7 Å². The smallest absolute Gasteiger partial charge is 0.184 e. The molecule has 1 saturated heterocycles. The van der Waals surface area contributed by atoms with Crippen LogP contribution in [0.3, 0.4) is 0 Å². The van der Waals surface area contributed by atoms with Gasteiger partial charge in [0.2, 0.25) is 0 Å². The van der Waals surface area contributed by atoms with Crippen LogP contribution >= 0.6 is 11.6 Å². The lowest BCUT2D eigenvalue weighted by molar-refractivity contribution is 0.544. The summed E-state index contributed by atoms with van der Waals surface area (Å²) in [6, 6.07) is 8.25. The van der Waals surface area contributed by atoms with Crippen LogP contribution in [0.5, 0.6) is 0 Å². The SMILES string of the molecule is CNC1CCN(c2nc(C(C)(C)C)nc3c2nnn3Cc2ccccc2Cl)C1. The Kier molecular flexibility index (Phi) is 4.97. The Bertz CT molecular complexity index is 992. The van der Waals surface area contributed by atoms with Crippen LogP contribution in [-0.4, -0.2) is 51.1 Å². The van der Waals surface area contributed by atoms with Gasteiger partial charge in [0.1, 0.15) is 5.82 Å². The highest BCUT2D eigenvalue weighted by Gasteiger charge is 2.29. The van der Waals surface area contributed by atoms with Crippen LogP contribution in [0.1, 0.15) is 38.6 Å². The number of rotatable bonds is 4. The zero-order chi connectivity index (χ0) is 19.9. The number of nitrogens with one attached hydrogen (secondary N) is 1. The van der Waals surface area contributed by atoms with E-state index in [4.69, 9.17) is 21.6 Å². The maximum Gasteiger partial charge on any atom is 0.184 e. The molecule has 0 radical (unpaired) electrons. The van der Waals surface area contributed by atoms with Crippen LogP contribution in [0.4, 0.5) is 5.82 Å². The monoisotopic (exact) mass is 399 g/mol. The maximum atomic E-state index is 6.35. The van der Waals surface area contributed by atoms with E-state index in [1.165, 1.54) is 0 Å². The summed E-state index contributed by atoms with van der Waals surface area (Å²) in [7, 11) is 2.00. The van der Waals surface area contributed by atoms with Crippen LogP contribution < -0.4 is 10.2 Å². The minimum atomic E-state index is -0.176. The zero-order valence-electron chi connectivity index (χ0n) is 16.8. The molecule has 0 bridgehead atoms. The molecular weight excluding hydrogens is 374 g/mol. The van der Waals surface area contributed by atoms with E-state index in [2.05, 4.69) is 41.3 Å². The maximum absolute atomic E-state index is 6.35. The lowest BCUT2D eigenvalue weighted by atomic mass is 9.96. The first-order chi connectivity index (χ1) is 13.4. The molecule has 1 fully saturated rings. The molecule has 4 rings (SSSR count). The number of hydrogen-bond acceptors (Lipinski definition) is 6. The quantitative estimate of drug-likeness (QED) is 0.727. The van der Waals surface area contributed by atoms with Crippen molar-refractivity contribution in [1.82, 2.24) is 30.3 Å².